The molecule has 0 spiro atoms. The monoisotopic (exact) mass is 1380 g/mol. The smallest absolute Gasteiger partial charge is 0.332 e. The van der Waals surface area contributed by atoms with Crippen LogP contribution in [0.1, 0.15) is 13.0 Å². The highest BCUT2D eigenvalue weighted by atomic mass is 79.9. The van der Waals surface area contributed by atoms with Gasteiger partial charge in [-0.15, -0.1) is 0 Å². The average Bonchev–Trinajstić information content (AvgIpc) is 1.78. The zero-order valence-electron chi connectivity index (χ0n) is 48.6. The molecule has 9 aromatic heterocycles. The molecule has 4 N–H and O–H groups in total. The van der Waals surface area contributed by atoms with E-state index in [1.807, 2.05) is 0 Å². The van der Waals surface area contributed by atoms with Crippen LogP contribution in [0.2, 0.25) is 5.28 Å². The van der Waals surface area contributed by atoms with E-state index in [1.165, 1.54) is 83.9 Å². The quantitative estimate of drug-likeness (QED) is 0.0533. The summed E-state index contributed by atoms with van der Waals surface area (Å²) in [5, 5.41) is 26.9. The molecule has 40 heteroatoms. The van der Waals surface area contributed by atoms with Crippen molar-refractivity contribution in [3.05, 3.63) is 120 Å². The Morgan fingerprint density at radius 3 is 1.38 bits per heavy atom. The molecule has 0 fully saturated rings. The van der Waals surface area contributed by atoms with Gasteiger partial charge in [-0.25, -0.2) is 42.4 Å². The number of aromatic amines is 1. The molecule has 0 aromatic carbocycles. The van der Waals surface area contributed by atoms with E-state index in [0.717, 1.165) is 32.0 Å². The minimum atomic E-state index is -3.82. The number of hydrogen-bond acceptors (Lipinski definition) is 21. The number of aliphatic hydroxyl groups is 3. The highest BCUT2D eigenvalue weighted by Crippen LogP contribution is 2.23. The van der Waals surface area contributed by atoms with Gasteiger partial charge >= 0.3 is 28.4 Å². The Kier molecular flexibility index (Phi) is 23.5. The first-order valence-electron chi connectivity index (χ1n) is 24.7. The van der Waals surface area contributed by atoms with Crippen molar-refractivity contribution in [1.82, 2.24) is 83.9 Å². The molecule has 10 heterocycles. The highest BCUT2D eigenvalue weighted by Gasteiger charge is 2.26. The number of aromatic nitrogens is 18. The number of nitrogens with zero attached hydrogens (tertiary/aromatic N) is 18. The van der Waals surface area contributed by atoms with E-state index in [4.69, 9.17) is 50.7 Å². The summed E-state index contributed by atoms with van der Waals surface area (Å²) in [6.07, 6.45) is 0.317. The second-order valence-electron chi connectivity index (χ2n) is 18.6. The first kappa shape index (κ1) is 71.9. The summed E-state index contributed by atoms with van der Waals surface area (Å²) in [7, 11) is 17.3. The van der Waals surface area contributed by atoms with Crippen LogP contribution in [-0.2, 0) is 115 Å². The summed E-state index contributed by atoms with van der Waals surface area (Å²) in [6, 6.07) is 0. The van der Waals surface area contributed by atoms with E-state index in [-0.39, 0.29) is 70.3 Å². The van der Waals surface area contributed by atoms with Gasteiger partial charge in [0.05, 0.1) is 31.1 Å². The zero-order chi connectivity index (χ0) is 65.2. The fraction of sp³-hybridized carbons (Fsp3) is 0.468. The maximum atomic E-state index is 12.1. The predicted octanol–water partition coefficient (Wildman–Crippen LogP) is -3.03. The SMILES string of the molecule is C.Cn1c(=O)c2c([nH]c(=S)n2C)n(C)c1=O.Cn1c(=O)c2c(nc(Cl)n2C)n(C)c1=O.Cn1c(=O)c2c(nc(S(=O)(=O)CCO)n2C)n(C)c1=O.Cn1c(=O)c2c(nc(SCCO)n2C)n(C)c1=O.Cn1c2c(c(=O)n(C)c1=O)CC(Cl)=N2.OCCBr. The topological polar surface area (TPSA) is 401 Å². The number of fused-ring (bicyclic) bond motifs is 5. The molecular formula is C47H64BrCl2N19O15S3. The molecule has 1 aliphatic heterocycles. The van der Waals surface area contributed by atoms with Crippen LogP contribution >= 0.6 is 63.1 Å². The Hall–Kier alpha value is -7.59. The summed E-state index contributed by atoms with van der Waals surface area (Å²) in [4.78, 5) is 136. The van der Waals surface area contributed by atoms with Crippen molar-refractivity contribution < 1.29 is 23.7 Å². The van der Waals surface area contributed by atoms with Crippen LogP contribution in [0.5, 0.6) is 0 Å². The molecule has 476 valence electrons. The molecule has 0 radical (unpaired) electrons. The first-order chi connectivity index (χ1) is 40.0. The van der Waals surface area contributed by atoms with Crippen molar-refractivity contribution >= 4 is 129 Å². The van der Waals surface area contributed by atoms with Gasteiger partial charge in [-0.05, 0) is 23.8 Å². The number of imidazole rings is 4. The van der Waals surface area contributed by atoms with Crippen LogP contribution in [0.4, 0.5) is 5.82 Å². The van der Waals surface area contributed by atoms with Crippen LogP contribution in [0.15, 0.2) is 63.3 Å². The summed E-state index contributed by atoms with van der Waals surface area (Å²) in [6.45, 7) is -0.284. The Morgan fingerprint density at radius 1 is 0.517 bits per heavy atom. The lowest BCUT2D eigenvalue weighted by molar-refractivity contribution is 0.319. The molecule has 0 saturated carbocycles. The van der Waals surface area contributed by atoms with Gasteiger partial charge in [-0.3, -0.25) is 69.6 Å². The normalized spacial score (nSPS) is 11.6. The van der Waals surface area contributed by atoms with Gasteiger partial charge in [0.1, 0.15) is 16.6 Å². The Bertz CT molecular complexity index is 5040. The number of alkyl halides is 1. The largest absolute Gasteiger partial charge is 0.396 e. The minimum Gasteiger partial charge on any atom is -0.396 e. The molecule has 0 bridgehead atoms. The third-order valence-corrected chi connectivity index (χ3v) is 17.1. The zero-order valence-corrected chi connectivity index (χ0v) is 54.1. The van der Waals surface area contributed by atoms with E-state index in [9.17, 15) is 56.4 Å². The van der Waals surface area contributed by atoms with Crippen LogP contribution in [0, 0.1) is 4.77 Å². The number of H-pyrrole nitrogens is 1. The fourth-order valence-electron chi connectivity index (χ4n) is 8.30. The molecule has 0 unspecified atom stereocenters. The van der Waals surface area contributed by atoms with Crippen molar-refractivity contribution in [3.63, 3.8) is 0 Å². The third kappa shape index (κ3) is 13.6. The van der Waals surface area contributed by atoms with Crippen LogP contribution in [-0.4, -0.2) is 149 Å². The van der Waals surface area contributed by atoms with Crippen LogP contribution < -0.4 is 56.2 Å². The number of nitrogens with one attached hydrogen (secondary N) is 1. The Morgan fingerprint density at radius 2 is 0.920 bits per heavy atom. The van der Waals surface area contributed by atoms with Gasteiger partial charge in [0, 0.05) is 116 Å². The lowest BCUT2D eigenvalue weighted by Crippen LogP contribution is -2.38. The van der Waals surface area contributed by atoms with Crippen LogP contribution in [0.25, 0.3) is 44.7 Å². The molecule has 0 amide bonds. The number of aliphatic imine (C=N–C) groups is 1. The molecular weight excluding hydrogens is 1320 g/mol. The summed E-state index contributed by atoms with van der Waals surface area (Å²) >= 11 is 20.8. The number of halogens is 3. The molecule has 87 heavy (non-hydrogen) atoms. The van der Waals surface area contributed by atoms with Gasteiger partial charge in [-0.1, -0.05) is 46.7 Å². The average molecular weight is 1380 g/mol. The summed E-state index contributed by atoms with van der Waals surface area (Å²) in [5.41, 5.74) is -1.45. The number of thioether (sulfide) groups is 1. The van der Waals surface area contributed by atoms with Crippen molar-refractivity contribution in [2.45, 2.75) is 24.2 Å². The standard InChI is InChI=1S/C10H14N4O5S.C10H14N4O3S.C8H9ClN4O2.C8H8ClN3O2.C8H10N4O2S.C2H5BrO.CH4/c1-12-6-7(11-9(12)20(18,19)5-4-15)13(2)10(17)14(3)8(6)16;1-12-6-7(11-9(12)18-5-4-15)13(2)10(17)14(3)8(6)16;1-11-4-5(10-7(11)9)12(2)8(15)13(3)6(4)14;1-11-6-4(3-5(9)10-6)7(13)12(2)8(11)14;1-10-4-5(9-7(10)15)11(2)8(14)12(3)6(4)13;3-1-2-4;/h15H,4-5H2,1-3H3;15H,4-5H2,1-3H3;1-3H3;3H2,1-2H3;1-3H3,(H,9,15);4H,1-2H2;1H4. The molecule has 9 aromatic rings. The van der Waals surface area contributed by atoms with Gasteiger partial charge in [-0.2, -0.15) is 9.97 Å². The maximum Gasteiger partial charge on any atom is 0.332 e. The number of rotatable bonds is 7. The molecule has 1 aliphatic rings. The van der Waals surface area contributed by atoms with E-state index < -0.39 is 50.4 Å². The predicted molar refractivity (Wildman–Crippen MR) is 335 cm³/mol. The fourth-order valence-corrected chi connectivity index (χ4v) is 10.7. The number of hydrogen-bond donors (Lipinski definition) is 4. The second kappa shape index (κ2) is 28.5. The van der Waals surface area contributed by atoms with Crippen molar-refractivity contribution in [1.29, 1.82) is 0 Å². The van der Waals surface area contributed by atoms with Gasteiger partial charge < -0.3 is 38.6 Å². The first-order valence-corrected chi connectivity index (χ1v) is 29.6. The highest BCUT2D eigenvalue weighted by molar-refractivity contribution is 9.09. The van der Waals surface area contributed by atoms with Gasteiger partial charge in [0.25, 0.3) is 27.8 Å². The lowest BCUT2D eigenvalue weighted by atomic mass is 10.2. The van der Waals surface area contributed by atoms with Crippen LogP contribution in [0.3, 0.4) is 0 Å². The van der Waals surface area contributed by atoms with E-state index in [1.54, 1.807) is 58.5 Å². The van der Waals surface area contributed by atoms with E-state index in [2.05, 4.69) is 40.9 Å². The molecule has 10 rings (SSSR count). The Balaban J connectivity index is 0.000000229. The molecule has 34 nitrogen and oxygen atoms in total. The number of aliphatic hydroxyl groups excluding tert-OH is 3. The summed E-state index contributed by atoms with van der Waals surface area (Å²) < 4.78 is 41.7. The Labute approximate surface area is 517 Å². The maximum absolute atomic E-state index is 12.1. The van der Waals surface area contributed by atoms with Crippen molar-refractivity contribution in [2.75, 3.05) is 36.7 Å². The third-order valence-electron chi connectivity index (χ3n) is 13.1. The molecule has 0 atom stereocenters. The second-order valence-corrected chi connectivity index (χ2v) is 23.6. The minimum absolute atomic E-state index is 0. The van der Waals surface area contributed by atoms with E-state index >= 15 is 0 Å². The lowest BCUT2D eigenvalue weighted by Gasteiger charge is -2.05. The van der Waals surface area contributed by atoms with Gasteiger partial charge in [0.2, 0.25) is 20.3 Å². The number of sulfone groups is 1. The molecule has 0 saturated heterocycles. The van der Waals surface area contributed by atoms with Gasteiger partial charge in [0.15, 0.2) is 48.9 Å². The summed E-state index contributed by atoms with van der Waals surface area (Å²) in [5.74, 6) is 0.368. The van der Waals surface area contributed by atoms with Crippen molar-refractivity contribution in [2.24, 2.45) is 104 Å². The number of aryl methyl sites for hydroxylation is 8. The van der Waals surface area contributed by atoms with Crippen molar-refractivity contribution in [3.8, 4) is 0 Å². The van der Waals surface area contributed by atoms with E-state index in [0.29, 0.717) is 77.5 Å². The molecule has 0 aliphatic carbocycles.